The van der Waals surface area contributed by atoms with Crippen molar-refractivity contribution in [2.45, 2.75) is 26.4 Å². The van der Waals surface area contributed by atoms with Gasteiger partial charge < -0.3 is 9.47 Å². The summed E-state index contributed by atoms with van der Waals surface area (Å²) in [5.74, 6) is -1.26. The molecule has 2 nitrogen and oxygen atoms in total. The Morgan fingerprint density at radius 1 is 1.05 bits per heavy atom. The molecular formula is C11H10F6O2. The standard InChI is InChI=1S/C11H10F6O2/c1-3-18-9-5-7(19-11(15,16)17)4-8(6(9)2)10(12,13)14/h4-5H,3H2,1-2H3. The van der Waals surface area contributed by atoms with Gasteiger partial charge in [0.25, 0.3) is 0 Å². The van der Waals surface area contributed by atoms with Crippen molar-refractivity contribution in [1.29, 1.82) is 0 Å². The molecule has 0 spiro atoms. The molecule has 1 aromatic rings. The van der Waals surface area contributed by atoms with Gasteiger partial charge in [-0.3, -0.25) is 0 Å². The van der Waals surface area contributed by atoms with Gasteiger partial charge in [-0.2, -0.15) is 13.2 Å². The lowest BCUT2D eigenvalue weighted by molar-refractivity contribution is -0.274. The van der Waals surface area contributed by atoms with Crippen molar-refractivity contribution in [3.8, 4) is 11.5 Å². The van der Waals surface area contributed by atoms with Crippen molar-refractivity contribution in [2.75, 3.05) is 6.61 Å². The zero-order valence-corrected chi connectivity index (χ0v) is 9.95. The van der Waals surface area contributed by atoms with E-state index in [2.05, 4.69) is 4.74 Å². The van der Waals surface area contributed by atoms with Crippen LogP contribution in [0.2, 0.25) is 0 Å². The van der Waals surface area contributed by atoms with Gasteiger partial charge in [0, 0.05) is 11.6 Å². The number of halogens is 6. The highest BCUT2D eigenvalue weighted by atomic mass is 19.4. The van der Waals surface area contributed by atoms with Gasteiger partial charge in [0.1, 0.15) is 11.5 Å². The van der Waals surface area contributed by atoms with Crippen LogP contribution in [0.1, 0.15) is 18.1 Å². The molecule has 0 aromatic heterocycles. The van der Waals surface area contributed by atoms with Gasteiger partial charge in [-0.1, -0.05) is 0 Å². The first-order valence-electron chi connectivity index (χ1n) is 5.15. The molecule has 0 heterocycles. The van der Waals surface area contributed by atoms with E-state index in [-0.39, 0.29) is 17.9 Å². The molecule has 0 atom stereocenters. The first kappa shape index (κ1) is 15.5. The molecule has 0 N–H and O–H groups in total. The van der Waals surface area contributed by atoms with Gasteiger partial charge in [-0.05, 0) is 19.9 Å². The Hall–Kier alpha value is -1.60. The lowest BCUT2D eigenvalue weighted by atomic mass is 10.1. The van der Waals surface area contributed by atoms with Gasteiger partial charge in [0.2, 0.25) is 0 Å². The minimum atomic E-state index is -5.07. The van der Waals surface area contributed by atoms with E-state index < -0.39 is 23.9 Å². The minimum Gasteiger partial charge on any atom is -0.493 e. The fraction of sp³-hybridized carbons (Fsp3) is 0.455. The molecule has 0 aliphatic rings. The topological polar surface area (TPSA) is 18.5 Å². The summed E-state index contributed by atoms with van der Waals surface area (Å²) in [6, 6.07) is 1.08. The van der Waals surface area contributed by atoms with Crippen molar-refractivity contribution in [3.63, 3.8) is 0 Å². The second-order valence-electron chi connectivity index (χ2n) is 3.57. The number of benzene rings is 1. The van der Waals surface area contributed by atoms with Crippen LogP contribution >= 0.6 is 0 Å². The van der Waals surface area contributed by atoms with Gasteiger partial charge in [0.05, 0.1) is 12.2 Å². The molecule has 0 aliphatic carbocycles. The molecule has 108 valence electrons. The number of ether oxygens (including phenoxy) is 2. The molecule has 8 heteroatoms. The second-order valence-corrected chi connectivity index (χ2v) is 3.57. The van der Waals surface area contributed by atoms with Crippen LogP contribution in [-0.4, -0.2) is 13.0 Å². The SMILES string of the molecule is CCOc1cc(OC(F)(F)F)cc(C(F)(F)F)c1C. The summed E-state index contributed by atoms with van der Waals surface area (Å²) in [6.07, 6.45) is -9.86. The molecule has 0 saturated carbocycles. The normalized spacial score (nSPS) is 12.4. The summed E-state index contributed by atoms with van der Waals surface area (Å²) in [7, 11) is 0. The zero-order chi connectivity index (χ0) is 14.8. The van der Waals surface area contributed by atoms with E-state index in [1.54, 1.807) is 0 Å². The Morgan fingerprint density at radius 2 is 1.63 bits per heavy atom. The molecule has 0 radical (unpaired) electrons. The fourth-order valence-electron chi connectivity index (χ4n) is 1.45. The lowest BCUT2D eigenvalue weighted by Crippen LogP contribution is -2.18. The molecule has 19 heavy (non-hydrogen) atoms. The average molecular weight is 288 g/mol. The van der Waals surface area contributed by atoms with Crippen LogP contribution in [0.5, 0.6) is 11.5 Å². The Kier molecular flexibility index (Phi) is 4.21. The summed E-state index contributed by atoms with van der Waals surface area (Å²) in [5.41, 5.74) is -1.51. The lowest BCUT2D eigenvalue weighted by Gasteiger charge is -2.17. The molecule has 1 aromatic carbocycles. The first-order valence-corrected chi connectivity index (χ1v) is 5.15. The Balaban J connectivity index is 3.31. The van der Waals surface area contributed by atoms with E-state index in [9.17, 15) is 26.3 Å². The quantitative estimate of drug-likeness (QED) is 0.771. The summed E-state index contributed by atoms with van der Waals surface area (Å²) in [6.45, 7) is 2.64. The van der Waals surface area contributed by atoms with E-state index in [1.165, 1.54) is 6.92 Å². The van der Waals surface area contributed by atoms with E-state index in [0.29, 0.717) is 6.07 Å². The molecule has 0 fully saturated rings. The highest BCUT2D eigenvalue weighted by Crippen LogP contribution is 2.39. The molecule has 0 bridgehead atoms. The van der Waals surface area contributed by atoms with E-state index in [1.807, 2.05) is 0 Å². The molecule has 0 unspecified atom stereocenters. The van der Waals surface area contributed by atoms with Gasteiger partial charge in [-0.15, -0.1) is 13.2 Å². The largest absolute Gasteiger partial charge is 0.573 e. The second kappa shape index (κ2) is 5.18. The highest BCUT2D eigenvalue weighted by Gasteiger charge is 2.37. The number of alkyl halides is 6. The van der Waals surface area contributed by atoms with Crippen LogP contribution < -0.4 is 9.47 Å². The number of rotatable bonds is 3. The third-order valence-corrected chi connectivity index (χ3v) is 2.17. The van der Waals surface area contributed by atoms with E-state index in [4.69, 9.17) is 4.74 Å². The fourth-order valence-corrected chi connectivity index (χ4v) is 1.45. The van der Waals surface area contributed by atoms with Crippen LogP contribution in [0, 0.1) is 6.92 Å². The average Bonchev–Trinajstić information content (AvgIpc) is 2.19. The Labute approximate surface area is 104 Å². The number of hydrogen-bond donors (Lipinski definition) is 0. The van der Waals surface area contributed by atoms with Gasteiger partial charge >= 0.3 is 12.5 Å². The maximum atomic E-state index is 12.7. The van der Waals surface area contributed by atoms with Crippen LogP contribution in [0.3, 0.4) is 0 Å². The van der Waals surface area contributed by atoms with Gasteiger partial charge in [-0.25, -0.2) is 0 Å². The van der Waals surface area contributed by atoms with Crippen molar-refractivity contribution in [2.24, 2.45) is 0 Å². The Morgan fingerprint density at radius 3 is 2.05 bits per heavy atom. The zero-order valence-electron chi connectivity index (χ0n) is 9.95. The summed E-state index contributed by atoms with van der Waals surface area (Å²) in [5, 5.41) is 0. The van der Waals surface area contributed by atoms with Crippen molar-refractivity contribution >= 4 is 0 Å². The Bertz CT molecular complexity index is 450. The maximum absolute atomic E-state index is 12.7. The summed E-state index contributed by atoms with van der Waals surface area (Å²) >= 11 is 0. The van der Waals surface area contributed by atoms with Crippen molar-refractivity contribution in [1.82, 2.24) is 0 Å². The smallest absolute Gasteiger partial charge is 0.493 e. The molecular weight excluding hydrogens is 278 g/mol. The van der Waals surface area contributed by atoms with Crippen LogP contribution in [0.4, 0.5) is 26.3 Å². The third-order valence-electron chi connectivity index (χ3n) is 2.17. The molecule has 0 aliphatic heterocycles. The minimum absolute atomic E-state index is 0.0214. The molecule has 1 rings (SSSR count). The predicted molar refractivity (Wildman–Crippen MR) is 54.0 cm³/mol. The monoisotopic (exact) mass is 288 g/mol. The maximum Gasteiger partial charge on any atom is 0.573 e. The van der Waals surface area contributed by atoms with Crippen molar-refractivity contribution < 1.29 is 35.8 Å². The van der Waals surface area contributed by atoms with E-state index >= 15 is 0 Å². The molecule has 0 saturated heterocycles. The highest BCUT2D eigenvalue weighted by molar-refractivity contribution is 5.47. The summed E-state index contributed by atoms with van der Waals surface area (Å²) < 4.78 is 82.6. The van der Waals surface area contributed by atoms with Crippen LogP contribution in [0.15, 0.2) is 12.1 Å². The number of hydrogen-bond acceptors (Lipinski definition) is 2. The third kappa shape index (κ3) is 4.22. The summed E-state index contributed by atoms with van der Waals surface area (Å²) in [4.78, 5) is 0. The van der Waals surface area contributed by atoms with Gasteiger partial charge in [0.15, 0.2) is 0 Å². The van der Waals surface area contributed by atoms with E-state index in [0.717, 1.165) is 13.0 Å². The van der Waals surface area contributed by atoms with Crippen LogP contribution in [0.25, 0.3) is 0 Å². The van der Waals surface area contributed by atoms with Crippen molar-refractivity contribution in [3.05, 3.63) is 23.3 Å². The predicted octanol–water partition coefficient (Wildman–Crippen LogP) is 4.31. The first-order chi connectivity index (χ1) is 8.54. The van der Waals surface area contributed by atoms with Crippen LogP contribution in [-0.2, 0) is 6.18 Å². The molecule has 0 amide bonds.